The molecule has 0 aliphatic heterocycles. The lowest BCUT2D eigenvalue weighted by atomic mass is 10.2. The molecule has 4 rings (SSSR count). The second kappa shape index (κ2) is 7.29. The number of nitrogens with zero attached hydrogens (tertiary/aromatic N) is 5. The summed E-state index contributed by atoms with van der Waals surface area (Å²) in [4.78, 5) is 17.3. The fraction of sp³-hybridized carbons (Fsp3) is 0.263. The SMILES string of the molecule is CCCCn1c(=O)c2ccccc2n2c(SCc3ccccn3)nnc12. The average molecular weight is 365 g/mol. The molecule has 26 heavy (non-hydrogen) atoms. The van der Waals surface area contributed by atoms with Crippen LogP contribution in [0.5, 0.6) is 0 Å². The number of para-hydroxylation sites is 1. The number of aromatic nitrogens is 5. The molecule has 0 saturated carbocycles. The van der Waals surface area contributed by atoms with E-state index in [-0.39, 0.29) is 5.56 Å². The van der Waals surface area contributed by atoms with Gasteiger partial charge in [0.25, 0.3) is 5.56 Å². The van der Waals surface area contributed by atoms with E-state index in [2.05, 4.69) is 22.1 Å². The topological polar surface area (TPSA) is 65.1 Å². The Balaban J connectivity index is 1.85. The monoisotopic (exact) mass is 365 g/mol. The largest absolute Gasteiger partial charge is 0.276 e. The van der Waals surface area contributed by atoms with E-state index in [4.69, 9.17) is 0 Å². The summed E-state index contributed by atoms with van der Waals surface area (Å²) in [6, 6.07) is 13.5. The molecule has 3 heterocycles. The highest BCUT2D eigenvalue weighted by Gasteiger charge is 2.16. The lowest BCUT2D eigenvalue weighted by Crippen LogP contribution is -2.23. The Bertz CT molecular complexity index is 1100. The molecule has 0 atom stereocenters. The van der Waals surface area contributed by atoms with E-state index in [0.29, 0.717) is 23.5 Å². The number of hydrogen-bond donors (Lipinski definition) is 0. The molecule has 0 aliphatic rings. The molecule has 0 aliphatic carbocycles. The summed E-state index contributed by atoms with van der Waals surface area (Å²) in [6.07, 6.45) is 3.73. The molecular weight excluding hydrogens is 346 g/mol. The highest BCUT2D eigenvalue weighted by atomic mass is 32.2. The van der Waals surface area contributed by atoms with Gasteiger partial charge in [-0.25, -0.2) is 0 Å². The van der Waals surface area contributed by atoms with Gasteiger partial charge in [0, 0.05) is 18.5 Å². The van der Waals surface area contributed by atoms with Crippen molar-refractivity contribution in [2.45, 2.75) is 37.2 Å². The number of hydrogen-bond acceptors (Lipinski definition) is 5. The first-order valence-electron chi connectivity index (χ1n) is 8.69. The maximum atomic E-state index is 12.9. The predicted octanol–water partition coefficient (Wildman–Crippen LogP) is 3.53. The number of rotatable bonds is 6. The van der Waals surface area contributed by atoms with Gasteiger partial charge in [-0.1, -0.05) is 43.3 Å². The average Bonchev–Trinajstić information content (AvgIpc) is 3.11. The van der Waals surface area contributed by atoms with E-state index >= 15 is 0 Å². The zero-order valence-corrected chi connectivity index (χ0v) is 15.3. The molecule has 4 aromatic rings. The van der Waals surface area contributed by atoms with Gasteiger partial charge in [-0.2, -0.15) is 0 Å². The van der Waals surface area contributed by atoms with Crippen molar-refractivity contribution in [3.8, 4) is 0 Å². The van der Waals surface area contributed by atoms with Gasteiger partial charge in [-0.3, -0.25) is 18.7 Å². The normalized spacial score (nSPS) is 11.4. The Labute approximate surface area is 154 Å². The Morgan fingerprint density at radius 1 is 1.08 bits per heavy atom. The van der Waals surface area contributed by atoms with Crippen molar-refractivity contribution in [2.75, 3.05) is 0 Å². The number of pyridine rings is 1. The molecular formula is C19H19N5OS. The van der Waals surface area contributed by atoms with Crippen LogP contribution < -0.4 is 5.56 Å². The molecule has 132 valence electrons. The van der Waals surface area contributed by atoms with Crippen molar-refractivity contribution in [2.24, 2.45) is 0 Å². The van der Waals surface area contributed by atoms with Crippen molar-refractivity contribution in [1.29, 1.82) is 0 Å². The number of benzene rings is 1. The minimum atomic E-state index is -0.00442. The van der Waals surface area contributed by atoms with Crippen molar-refractivity contribution in [3.05, 3.63) is 64.7 Å². The van der Waals surface area contributed by atoms with Gasteiger partial charge in [0.1, 0.15) is 0 Å². The molecule has 0 unspecified atom stereocenters. The second-order valence-corrected chi connectivity index (χ2v) is 7.00. The molecule has 0 N–H and O–H groups in total. The Hall–Kier alpha value is -2.67. The number of unbranched alkanes of at least 4 members (excludes halogenated alkanes) is 1. The lowest BCUT2D eigenvalue weighted by molar-refractivity contribution is 0.620. The van der Waals surface area contributed by atoms with Crippen LogP contribution in [0, 0.1) is 0 Å². The third kappa shape index (κ3) is 2.99. The smallest absolute Gasteiger partial charge is 0.262 e. The zero-order valence-electron chi connectivity index (χ0n) is 14.5. The number of aryl methyl sites for hydroxylation is 1. The van der Waals surface area contributed by atoms with Crippen molar-refractivity contribution in [3.63, 3.8) is 0 Å². The molecule has 0 saturated heterocycles. The van der Waals surface area contributed by atoms with Gasteiger partial charge in [-0.15, -0.1) is 10.2 Å². The predicted molar refractivity (Wildman–Crippen MR) is 103 cm³/mol. The fourth-order valence-electron chi connectivity index (χ4n) is 2.97. The maximum Gasteiger partial charge on any atom is 0.262 e. The third-order valence-corrected chi connectivity index (χ3v) is 5.25. The quantitative estimate of drug-likeness (QED) is 0.489. The van der Waals surface area contributed by atoms with Crippen molar-refractivity contribution >= 4 is 28.4 Å². The van der Waals surface area contributed by atoms with Gasteiger partial charge in [0.2, 0.25) is 5.78 Å². The van der Waals surface area contributed by atoms with Crippen LogP contribution in [0.15, 0.2) is 58.6 Å². The number of fused-ring (bicyclic) bond motifs is 3. The van der Waals surface area contributed by atoms with Gasteiger partial charge in [0.05, 0.1) is 16.6 Å². The standard InChI is InChI=1S/C19H19N5OS/c1-2-3-12-23-17(25)15-9-4-5-10-16(15)24-18(23)21-22-19(24)26-13-14-8-6-7-11-20-14/h4-11H,2-3,12-13H2,1H3. The van der Waals surface area contributed by atoms with Crippen LogP contribution in [0.25, 0.3) is 16.7 Å². The van der Waals surface area contributed by atoms with E-state index in [1.165, 1.54) is 0 Å². The summed E-state index contributed by atoms with van der Waals surface area (Å²) >= 11 is 1.57. The molecule has 0 amide bonds. The van der Waals surface area contributed by atoms with Crippen LogP contribution in [0.3, 0.4) is 0 Å². The van der Waals surface area contributed by atoms with E-state index in [1.54, 1.807) is 22.5 Å². The molecule has 0 fully saturated rings. The lowest BCUT2D eigenvalue weighted by Gasteiger charge is -2.10. The highest BCUT2D eigenvalue weighted by Crippen LogP contribution is 2.24. The van der Waals surface area contributed by atoms with Crippen molar-refractivity contribution in [1.82, 2.24) is 24.1 Å². The summed E-state index contributed by atoms with van der Waals surface area (Å²) in [7, 11) is 0. The summed E-state index contributed by atoms with van der Waals surface area (Å²) in [5.74, 6) is 1.30. The van der Waals surface area contributed by atoms with Gasteiger partial charge in [0.15, 0.2) is 5.16 Å². The first kappa shape index (κ1) is 16.8. The molecule has 3 aromatic heterocycles. The minimum Gasteiger partial charge on any atom is -0.276 e. The van der Waals surface area contributed by atoms with Gasteiger partial charge >= 0.3 is 0 Å². The zero-order chi connectivity index (χ0) is 17.9. The van der Waals surface area contributed by atoms with E-state index < -0.39 is 0 Å². The highest BCUT2D eigenvalue weighted by molar-refractivity contribution is 7.98. The molecule has 0 spiro atoms. The molecule has 7 heteroatoms. The van der Waals surface area contributed by atoms with Crippen LogP contribution in [-0.2, 0) is 12.3 Å². The van der Waals surface area contributed by atoms with E-state index in [9.17, 15) is 4.79 Å². The Kier molecular flexibility index (Phi) is 4.71. The van der Waals surface area contributed by atoms with Crippen LogP contribution in [0.1, 0.15) is 25.5 Å². The fourth-order valence-corrected chi connectivity index (χ4v) is 3.82. The first-order chi connectivity index (χ1) is 12.8. The molecule has 6 nitrogen and oxygen atoms in total. The molecule has 0 radical (unpaired) electrons. The third-order valence-electron chi connectivity index (χ3n) is 4.29. The van der Waals surface area contributed by atoms with Crippen LogP contribution in [0.2, 0.25) is 0 Å². The Morgan fingerprint density at radius 2 is 1.92 bits per heavy atom. The van der Waals surface area contributed by atoms with Crippen LogP contribution in [0.4, 0.5) is 0 Å². The van der Waals surface area contributed by atoms with Gasteiger partial charge < -0.3 is 0 Å². The van der Waals surface area contributed by atoms with Crippen molar-refractivity contribution < 1.29 is 0 Å². The van der Waals surface area contributed by atoms with Crippen LogP contribution in [-0.4, -0.2) is 24.1 Å². The summed E-state index contributed by atoms with van der Waals surface area (Å²) < 4.78 is 3.73. The maximum absolute atomic E-state index is 12.9. The first-order valence-corrected chi connectivity index (χ1v) is 9.67. The van der Waals surface area contributed by atoms with Gasteiger partial charge in [-0.05, 0) is 30.7 Å². The second-order valence-electron chi connectivity index (χ2n) is 6.06. The molecule has 1 aromatic carbocycles. The summed E-state index contributed by atoms with van der Waals surface area (Å²) in [5.41, 5.74) is 1.82. The van der Waals surface area contributed by atoms with E-state index in [0.717, 1.165) is 29.2 Å². The summed E-state index contributed by atoms with van der Waals surface area (Å²) in [5, 5.41) is 10.1. The Morgan fingerprint density at radius 3 is 2.73 bits per heavy atom. The number of thioether (sulfide) groups is 1. The molecule has 0 bridgehead atoms. The van der Waals surface area contributed by atoms with Crippen LogP contribution >= 0.6 is 11.8 Å². The minimum absolute atomic E-state index is 0.00442. The van der Waals surface area contributed by atoms with E-state index in [1.807, 2.05) is 46.9 Å². The summed E-state index contributed by atoms with van der Waals surface area (Å²) in [6.45, 7) is 2.76.